The van der Waals surface area contributed by atoms with E-state index in [2.05, 4.69) is 10.1 Å². The Hall–Kier alpha value is -2.20. The van der Waals surface area contributed by atoms with E-state index in [1.54, 1.807) is 6.07 Å². The molecule has 0 heterocycles. The quantitative estimate of drug-likeness (QED) is 0.466. The Morgan fingerprint density at radius 3 is 2.78 bits per heavy atom. The van der Waals surface area contributed by atoms with Gasteiger partial charge in [0.1, 0.15) is 0 Å². The third-order valence-electron chi connectivity index (χ3n) is 3.67. The van der Waals surface area contributed by atoms with Crippen LogP contribution in [0.2, 0.25) is 0 Å². The van der Waals surface area contributed by atoms with Crippen LogP contribution in [0.5, 0.6) is 0 Å². The fraction of sp³-hybridized carbons (Fsp3) is 0.462. The van der Waals surface area contributed by atoms with Crippen molar-refractivity contribution < 1.29 is 27.1 Å². The molecule has 23 heavy (non-hydrogen) atoms. The number of nitrogens with one attached hydrogen (secondary N) is 1. The maximum absolute atomic E-state index is 11.6. The van der Waals surface area contributed by atoms with Crippen molar-refractivity contribution in [2.75, 3.05) is 20.0 Å². The normalized spacial score (nSPS) is 23.1. The third-order valence-corrected chi connectivity index (χ3v) is 4.24. The van der Waals surface area contributed by atoms with Gasteiger partial charge < -0.3 is 10.1 Å². The lowest BCUT2D eigenvalue weighted by Crippen LogP contribution is -2.37. The molecule has 1 amide bonds. The predicted molar refractivity (Wildman–Crippen MR) is 79.2 cm³/mol. The van der Waals surface area contributed by atoms with Crippen LogP contribution in [0.4, 0.5) is 10.5 Å². The van der Waals surface area contributed by atoms with E-state index in [4.69, 9.17) is 4.18 Å². The molecule has 2 atom stereocenters. The van der Waals surface area contributed by atoms with Gasteiger partial charge in [-0.2, -0.15) is 8.42 Å². The number of non-ortho nitro benzene ring substituents is 1. The van der Waals surface area contributed by atoms with Crippen molar-refractivity contribution in [2.24, 2.45) is 5.92 Å². The molecule has 0 bridgehead atoms. The highest BCUT2D eigenvalue weighted by Crippen LogP contribution is 2.52. The Labute approximate surface area is 132 Å². The molecule has 1 saturated carbocycles. The Morgan fingerprint density at radius 1 is 1.52 bits per heavy atom. The van der Waals surface area contributed by atoms with Gasteiger partial charge in [0.2, 0.25) is 0 Å². The van der Waals surface area contributed by atoms with Crippen molar-refractivity contribution >= 4 is 21.9 Å². The summed E-state index contributed by atoms with van der Waals surface area (Å²) in [5, 5.41) is 13.5. The van der Waals surface area contributed by atoms with Crippen LogP contribution in [0.3, 0.4) is 0 Å². The molecule has 126 valence electrons. The van der Waals surface area contributed by atoms with Gasteiger partial charge in [-0.15, -0.1) is 0 Å². The van der Waals surface area contributed by atoms with Crippen LogP contribution in [0.15, 0.2) is 24.3 Å². The van der Waals surface area contributed by atoms with Gasteiger partial charge in [0.05, 0.1) is 30.4 Å². The van der Waals surface area contributed by atoms with E-state index in [9.17, 15) is 23.3 Å². The smallest absolute Gasteiger partial charge is 0.407 e. The number of amides is 1. The van der Waals surface area contributed by atoms with Crippen molar-refractivity contribution in [1.82, 2.24) is 5.32 Å². The summed E-state index contributed by atoms with van der Waals surface area (Å²) in [6.07, 6.45) is 0.607. The summed E-state index contributed by atoms with van der Waals surface area (Å²) >= 11 is 0. The fourth-order valence-corrected chi connectivity index (χ4v) is 2.86. The van der Waals surface area contributed by atoms with Crippen LogP contribution in [0.1, 0.15) is 12.0 Å². The molecule has 0 aromatic heterocycles. The predicted octanol–water partition coefficient (Wildman–Crippen LogP) is 1.14. The topological polar surface area (TPSA) is 125 Å². The molecule has 0 radical (unpaired) electrons. The minimum absolute atomic E-state index is 0.122. The number of rotatable bonds is 6. The molecule has 1 aliphatic rings. The average molecular weight is 344 g/mol. The zero-order chi connectivity index (χ0) is 17.3. The van der Waals surface area contributed by atoms with Gasteiger partial charge in [0.15, 0.2) is 0 Å². The minimum Gasteiger partial charge on any atom is -0.453 e. The van der Waals surface area contributed by atoms with Gasteiger partial charge in [-0.1, -0.05) is 12.1 Å². The van der Waals surface area contributed by atoms with Gasteiger partial charge in [-0.05, 0) is 12.0 Å². The highest BCUT2D eigenvalue weighted by atomic mass is 32.2. The van der Waals surface area contributed by atoms with Crippen molar-refractivity contribution in [3.05, 3.63) is 39.9 Å². The Bertz CT molecular complexity index is 734. The third kappa shape index (κ3) is 3.96. The summed E-state index contributed by atoms with van der Waals surface area (Å²) in [7, 11) is -2.42. The number of benzene rings is 1. The fourth-order valence-electron chi connectivity index (χ4n) is 2.45. The lowest BCUT2D eigenvalue weighted by atomic mass is 10.0. The zero-order valence-corrected chi connectivity index (χ0v) is 13.3. The van der Waals surface area contributed by atoms with E-state index in [0.29, 0.717) is 12.0 Å². The molecule has 2 unspecified atom stereocenters. The lowest BCUT2D eigenvalue weighted by molar-refractivity contribution is -0.385. The van der Waals surface area contributed by atoms with Crippen molar-refractivity contribution in [3.8, 4) is 0 Å². The van der Waals surface area contributed by atoms with Gasteiger partial charge in [0.25, 0.3) is 15.8 Å². The highest BCUT2D eigenvalue weighted by Gasteiger charge is 2.57. The van der Waals surface area contributed by atoms with E-state index in [1.807, 2.05) is 0 Å². The van der Waals surface area contributed by atoms with Crippen molar-refractivity contribution in [2.45, 2.75) is 12.0 Å². The van der Waals surface area contributed by atoms with Crippen LogP contribution in [0, 0.1) is 16.0 Å². The molecule has 1 N–H and O–H groups in total. The second-order valence-corrected chi connectivity index (χ2v) is 6.93. The molecule has 1 aliphatic carbocycles. The van der Waals surface area contributed by atoms with E-state index < -0.39 is 26.7 Å². The molecule has 1 aromatic rings. The first-order valence-electron chi connectivity index (χ1n) is 6.63. The van der Waals surface area contributed by atoms with Crippen LogP contribution < -0.4 is 5.32 Å². The average Bonchev–Trinajstić information content (AvgIpc) is 3.19. The SMILES string of the molecule is COC(=O)NC1(c2cccc([N+](=O)[O-])c2)CC1COS(C)(=O)=O. The van der Waals surface area contributed by atoms with Crippen LogP contribution in [-0.2, 0) is 24.6 Å². The molecule has 10 heteroatoms. The van der Waals surface area contributed by atoms with E-state index >= 15 is 0 Å². The molecule has 9 nitrogen and oxygen atoms in total. The maximum atomic E-state index is 11.6. The van der Waals surface area contributed by atoms with Gasteiger partial charge in [-0.3, -0.25) is 14.3 Å². The monoisotopic (exact) mass is 344 g/mol. The molecule has 0 saturated heterocycles. The number of hydrogen-bond donors (Lipinski definition) is 1. The molecule has 1 fully saturated rings. The van der Waals surface area contributed by atoms with Crippen LogP contribution >= 0.6 is 0 Å². The summed E-state index contributed by atoms with van der Waals surface area (Å²) in [6.45, 7) is -0.133. The summed E-state index contributed by atoms with van der Waals surface area (Å²) < 4.78 is 31.6. The van der Waals surface area contributed by atoms with Gasteiger partial charge >= 0.3 is 6.09 Å². The van der Waals surface area contributed by atoms with Crippen molar-refractivity contribution in [1.29, 1.82) is 0 Å². The number of hydrogen-bond acceptors (Lipinski definition) is 7. The molecule has 0 spiro atoms. The largest absolute Gasteiger partial charge is 0.453 e. The summed E-state index contributed by atoms with van der Waals surface area (Å²) in [4.78, 5) is 21.9. The highest BCUT2D eigenvalue weighted by molar-refractivity contribution is 7.85. The maximum Gasteiger partial charge on any atom is 0.407 e. The van der Waals surface area contributed by atoms with E-state index in [-0.39, 0.29) is 18.2 Å². The van der Waals surface area contributed by atoms with Gasteiger partial charge in [-0.25, -0.2) is 4.79 Å². The number of nitrogens with zero attached hydrogens (tertiary/aromatic N) is 1. The van der Waals surface area contributed by atoms with Crippen LogP contribution in [-0.4, -0.2) is 39.4 Å². The molecule has 1 aromatic carbocycles. The summed E-state index contributed by atoms with van der Waals surface area (Å²) in [5.74, 6) is -0.335. The molecular weight excluding hydrogens is 328 g/mol. The van der Waals surface area contributed by atoms with Gasteiger partial charge in [0, 0.05) is 18.1 Å². The first-order chi connectivity index (χ1) is 10.7. The second-order valence-electron chi connectivity index (χ2n) is 5.29. The van der Waals surface area contributed by atoms with Crippen LogP contribution in [0.25, 0.3) is 0 Å². The number of methoxy groups -OCH3 is 1. The second kappa shape index (κ2) is 6.13. The molecule has 0 aliphatic heterocycles. The number of nitro benzene ring substituents is 1. The Balaban J connectivity index is 2.28. The summed E-state index contributed by atoms with van der Waals surface area (Å²) in [5.41, 5.74) is -0.563. The number of alkyl carbamates (subject to hydrolysis) is 1. The molecular formula is C13H16N2O7S. The van der Waals surface area contributed by atoms with E-state index in [0.717, 1.165) is 6.26 Å². The van der Waals surface area contributed by atoms with Crippen molar-refractivity contribution in [3.63, 3.8) is 0 Å². The standard InChI is InChI=1S/C13H16N2O7S/c1-21-12(16)14-13(7-10(13)8-22-23(2,19)20)9-4-3-5-11(6-9)15(17)18/h3-6,10H,7-8H2,1-2H3,(H,14,16). The Morgan fingerprint density at radius 2 is 2.22 bits per heavy atom. The van der Waals surface area contributed by atoms with E-state index in [1.165, 1.54) is 25.3 Å². The Kier molecular flexibility index (Phi) is 4.57. The number of carbonyl (C=O) groups is 1. The first kappa shape index (κ1) is 17.2. The lowest BCUT2D eigenvalue weighted by Gasteiger charge is -2.19. The molecule has 2 rings (SSSR count). The number of nitro groups is 1. The number of carbonyl (C=O) groups excluding carboxylic acids is 1. The number of ether oxygens (including phenoxy) is 1. The zero-order valence-electron chi connectivity index (χ0n) is 12.5. The first-order valence-corrected chi connectivity index (χ1v) is 8.45. The summed E-state index contributed by atoms with van der Waals surface area (Å²) in [6, 6.07) is 5.81. The minimum atomic E-state index is -3.62.